The highest BCUT2D eigenvalue weighted by Gasteiger charge is 2.17. The Morgan fingerprint density at radius 1 is 0.892 bits per heavy atom. The Hall–Kier alpha value is -4.11. The smallest absolute Gasteiger partial charge is 0.258 e. The molecule has 9 heteroatoms. The number of thioether (sulfide) groups is 1. The minimum atomic E-state index is -0.273. The van der Waals surface area contributed by atoms with E-state index in [9.17, 15) is 9.59 Å². The predicted molar refractivity (Wildman–Crippen MR) is 145 cm³/mol. The van der Waals surface area contributed by atoms with Crippen LogP contribution in [0, 0.1) is 20.8 Å². The van der Waals surface area contributed by atoms with Crippen molar-refractivity contribution in [3.8, 4) is 11.4 Å². The van der Waals surface area contributed by atoms with Crippen LogP contribution in [0.15, 0.2) is 78.0 Å². The molecule has 0 saturated carbocycles. The molecule has 0 unspecified atom stereocenters. The van der Waals surface area contributed by atoms with Gasteiger partial charge in [-0.15, -0.1) is 10.2 Å². The monoisotopic (exact) mass is 515 g/mol. The van der Waals surface area contributed by atoms with Crippen LogP contribution in [0.4, 0.5) is 5.69 Å². The third-order valence-corrected chi connectivity index (χ3v) is 6.45. The Bertz CT molecular complexity index is 1390. The summed E-state index contributed by atoms with van der Waals surface area (Å²) in [7, 11) is 0. The average Bonchev–Trinajstić information content (AvgIpc) is 3.30. The summed E-state index contributed by atoms with van der Waals surface area (Å²) >= 11 is 1.29. The zero-order valence-corrected chi connectivity index (χ0v) is 21.8. The van der Waals surface area contributed by atoms with Crippen molar-refractivity contribution in [2.45, 2.75) is 32.5 Å². The van der Waals surface area contributed by atoms with Crippen LogP contribution in [0.5, 0.6) is 5.75 Å². The van der Waals surface area contributed by atoms with E-state index in [1.54, 1.807) is 12.1 Å². The molecule has 0 aliphatic rings. The number of hydrogen-bond donors (Lipinski definition) is 2. The summed E-state index contributed by atoms with van der Waals surface area (Å²) in [6.45, 7) is 6.00. The third-order valence-electron chi connectivity index (χ3n) is 5.52. The quantitative estimate of drug-likeness (QED) is 0.299. The topological polar surface area (TPSA) is 98.1 Å². The van der Waals surface area contributed by atoms with Gasteiger partial charge < -0.3 is 15.4 Å². The number of benzene rings is 3. The van der Waals surface area contributed by atoms with Gasteiger partial charge in [0, 0.05) is 11.4 Å². The van der Waals surface area contributed by atoms with E-state index in [0.717, 1.165) is 28.1 Å². The largest absolute Gasteiger partial charge is 0.484 e. The van der Waals surface area contributed by atoms with E-state index in [-0.39, 0.29) is 30.7 Å². The van der Waals surface area contributed by atoms with E-state index in [2.05, 4.69) is 20.8 Å². The molecule has 0 spiro atoms. The fourth-order valence-electron chi connectivity index (χ4n) is 3.62. The number of aryl methyl sites for hydroxylation is 3. The zero-order valence-electron chi connectivity index (χ0n) is 21.0. The van der Waals surface area contributed by atoms with Crippen LogP contribution in [-0.2, 0) is 16.1 Å². The van der Waals surface area contributed by atoms with Gasteiger partial charge >= 0.3 is 0 Å². The second kappa shape index (κ2) is 12.2. The van der Waals surface area contributed by atoms with Crippen molar-refractivity contribution in [1.82, 2.24) is 20.1 Å². The molecule has 8 nitrogen and oxygen atoms in total. The standard InChI is InChI=1S/C28H29N5O3S/c1-19-8-7-9-22(14-19)33-25(16-29-26(34)17-36-23-10-5-4-6-11-23)31-32-28(33)37-18-27(35)30-24-15-20(2)12-13-21(24)3/h4-15H,16-18H2,1-3H3,(H,29,34)(H,30,35). The molecule has 1 aromatic heterocycles. The van der Waals surface area contributed by atoms with E-state index in [4.69, 9.17) is 4.74 Å². The number of aromatic nitrogens is 3. The van der Waals surface area contributed by atoms with Gasteiger partial charge in [-0.05, 0) is 67.8 Å². The number of nitrogens with one attached hydrogen (secondary N) is 2. The minimum Gasteiger partial charge on any atom is -0.484 e. The van der Waals surface area contributed by atoms with Crippen LogP contribution in [0.2, 0.25) is 0 Å². The second-order valence-corrected chi connectivity index (χ2v) is 9.55. The van der Waals surface area contributed by atoms with Gasteiger partial charge in [-0.1, -0.05) is 54.2 Å². The lowest BCUT2D eigenvalue weighted by atomic mass is 10.1. The molecule has 0 radical (unpaired) electrons. The van der Waals surface area contributed by atoms with Crippen molar-refractivity contribution < 1.29 is 14.3 Å². The summed E-state index contributed by atoms with van der Waals surface area (Å²) < 4.78 is 7.38. The molecule has 1 heterocycles. The average molecular weight is 516 g/mol. The van der Waals surface area contributed by atoms with Crippen molar-refractivity contribution in [2.75, 3.05) is 17.7 Å². The van der Waals surface area contributed by atoms with E-state index in [0.29, 0.717) is 16.7 Å². The maximum atomic E-state index is 12.7. The molecule has 0 aliphatic heterocycles. The van der Waals surface area contributed by atoms with E-state index < -0.39 is 0 Å². The number of nitrogens with zero attached hydrogens (tertiary/aromatic N) is 3. The Morgan fingerprint density at radius 3 is 2.46 bits per heavy atom. The van der Waals surface area contributed by atoms with Gasteiger partial charge in [-0.2, -0.15) is 0 Å². The van der Waals surface area contributed by atoms with Crippen molar-refractivity contribution in [1.29, 1.82) is 0 Å². The zero-order chi connectivity index (χ0) is 26.2. The highest BCUT2D eigenvalue weighted by molar-refractivity contribution is 7.99. The van der Waals surface area contributed by atoms with Gasteiger partial charge in [0.1, 0.15) is 5.75 Å². The maximum absolute atomic E-state index is 12.7. The SMILES string of the molecule is Cc1cccc(-n2c(CNC(=O)COc3ccccc3)nnc2SCC(=O)Nc2cc(C)ccc2C)c1. The molecule has 0 saturated heterocycles. The van der Waals surface area contributed by atoms with Crippen LogP contribution >= 0.6 is 11.8 Å². The summed E-state index contributed by atoms with van der Waals surface area (Å²) in [5.41, 5.74) is 4.80. The number of rotatable bonds is 10. The molecule has 0 fully saturated rings. The van der Waals surface area contributed by atoms with Crippen LogP contribution in [-0.4, -0.2) is 38.9 Å². The predicted octanol–water partition coefficient (Wildman–Crippen LogP) is 4.62. The van der Waals surface area contributed by atoms with Gasteiger partial charge in [0.15, 0.2) is 17.6 Å². The molecule has 2 N–H and O–H groups in total. The number of amides is 2. The van der Waals surface area contributed by atoms with Gasteiger partial charge in [0.2, 0.25) is 5.91 Å². The van der Waals surface area contributed by atoms with E-state index in [1.807, 2.05) is 86.0 Å². The Balaban J connectivity index is 1.44. The van der Waals surface area contributed by atoms with Crippen molar-refractivity contribution in [3.05, 3.63) is 95.3 Å². The molecule has 0 aliphatic carbocycles. The summed E-state index contributed by atoms with van der Waals surface area (Å²) in [4.78, 5) is 25.1. The maximum Gasteiger partial charge on any atom is 0.258 e. The van der Waals surface area contributed by atoms with Gasteiger partial charge in [0.05, 0.1) is 12.3 Å². The fraction of sp³-hybridized carbons (Fsp3) is 0.214. The lowest BCUT2D eigenvalue weighted by Gasteiger charge is -2.12. The summed E-state index contributed by atoms with van der Waals surface area (Å²) in [6.07, 6.45) is 0. The van der Waals surface area contributed by atoms with Gasteiger partial charge in [-0.25, -0.2) is 0 Å². The molecular weight excluding hydrogens is 486 g/mol. The van der Waals surface area contributed by atoms with E-state index >= 15 is 0 Å². The van der Waals surface area contributed by atoms with Crippen molar-refractivity contribution in [2.24, 2.45) is 0 Å². The normalized spacial score (nSPS) is 10.7. The first-order valence-corrected chi connectivity index (χ1v) is 12.8. The molecule has 4 aromatic rings. The molecule has 37 heavy (non-hydrogen) atoms. The lowest BCUT2D eigenvalue weighted by Crippen LogP contribution is -2.29. The highest BCUT2D eigenvalue weighted by atomic mass is 32.2. The van der Waals surface area contributed by atoms with Crippen molar-refractivity contribution in [3.63, 3.8) is 0 Å². The van der Waals surface area contributed by atoms with Crippen molar-refractivity contribution >= 4 is 29.3 Å². The number of carbonyl (C=O) groups is 2. The fourth-order valence-corrected chi connectivity index (χ4v) is 4.39. The van der Waals surface area contributed by atoms with E-state index in [1.165, 1.54) is 11.8 Å². The van der Waals surface area contributed by atoms with Crippen LogP contribution in [0.1, 0.15) is 22.5 Å². The lowest BCUT2D eigenvalue weighted by molar-refractivity contribution is -0.123. The Morgan fingerprint density at radius 2 is 1.68 bits per heavy atom. The van der Waals surface area contributed by atoms with Crippen LogP contribution < -0.4 is 15.4 Å². The summed E-state index contributed by atoms with van der Waals surface area (Å²) in [6, 6.07) is 23.0. The van der Waals surface area contributed by atoms with Gasteiger partial charge in [-0.3, -0.25) is 14.2 Å². The first kappa shape index (κ1) is 26.0. The second-order valence-electron chi connectivity index (χ2n) is 8.61. The molecule has 2 amide bonds. The minimum absolute atomic E-state index is 0.108. The molecule has 3 aromatic carbocycles. The highest BCUT2D eigenvalue weighted by Crippen LogP contribution is 2.24. The number of carbonyl (C=O) groups excluding carboxylic acids is 2. The number of hydrogen-bond acceptors (Lipinski definition) is 6. The number of ether oxygens (including phenoxy) is 1. The first-order chi connectivity index (χ1) is 17.9. The molecule has 0 atom stereocenters. The number of para-hydroxylation sites is 1. The van der Waals surface area contributed by atoms with Crippen LogP contribution in [0.25, 0.3) is 5.69 Å². The molecular formula is C28H29N5O3S. The Kier molecular flexibility index (Phi) is 8.58. The number of anilines is 1. The molecule has 190 valence electrons. The van der Waals surface area contributed by atoms with Crippen LogP contribution in [0.3, 0.4) is 0 Å². The summed E-state index contributed by atoms with van der Waals surface area (Å²) in [5, 5.41) is 15.0. The summed E-state index contributed by atoms with van der Waals surface area (Å²) in [5.74, 6) is 0.930. The van der Waals surface area contributed by atoms with Gasteiger partial charge in [0.25, 0.3) is 5.91 Å². The molecule has 4 rings (SSSR count). The Labute approximate surface area is 220 Å². The third kappa shape index (κ3) is 7.20. The molecule has 0 bridgehead atoms. The first-order valence-electron chi connectivity index (χ1n) is 11.8.